The summed E-state index contributed by atoms with van der Waals surface area (Å²) in [7, 11) is 0. The molecule has 1 aliphatic rings. The van der Waals surface area contributed by atoms with Crippen molar-refractivity contribution >= 4 is 27.5 Å². The van der Waals surface area contributed by atoms with Gasteiger partial charge in [-0.25, -0.2) is 0 Å². The molecule has 94 valence electrons. The van der Waals surface area contributed by atoms with Crippen molar-refractivity contribution in [2.24, 2.45) is 0 Å². The molecule has 2 nitrogen and oxygen atoms in total. The number of halogens is 2. The van der Waals surface area contributed by atoms with Gasteiger partial charge in [-0.15, -0.1) is 0 Å². The standard InChI is InChI=1S/C13H16BrClO2/c1-3-16-13-9(14)7-12(13)17-11-5-4-8(2)6-10(11)15/h4-6,9,12-13H,3,7H2,1-2H3. The van der Waals surface area contributed by atoms with Gasteiger partial charge in [0.2, 0.25) is 0 Å². The third-order valence-electron chi connectivity index (χ3n) is 2.91. The number of hydrogen-bond acceptors (Lipinski definition) is 2. The summed E-state index contributed by atoms with van der Waals surface area (Å²) in [6, 6.07) is 5.83. The van der Waals surface area contributed by atoms with E-state index in [0.717, 1.165) is 17.7 Å². The molecule has 0 bridgehead atoms. The molecule has 0 N–H and O–H groups in total. The Bertz CT molecular complexity index is 397. The molecule has 0 aliphatic heterocycles. The van der Waals surface area contributed by atoms with Crippen LogP contribution in [0.4, 0.5) is 0 Å². The Hall–Kier alpha value is -0.250. The highest BCUT2D eigenvalue weighted by atomic mass is 79.9. The molecule has 1 aliphatic carbocycles. The van der Waals surface area contributed by atoms with Gasteiger partial charge in [0.25, 0.3) is 0 Å². The maximum absolute atomic E-state index is 6.14. The van der Waals surface area contributed by atoms with Crippen LogP contribution in [0.5, 0.6) is 5.75 Å². The maximum atomic E-state index is 6.14. The molecule has 1 aromatic carbocycles. The first-order valence-corrected chi connectivity index (χ1v) is 7.09. The third-order valence-corrected chi connectivity index (χ3v) is 4.10. The average Bonchev–Trinajstić information content (AvgIpc) is 2.28. The van der Waals surface area contributed by atoms with Gasteiger partial charge in [0.1, 0.15) is 18.0 Å². The summed E-state index contributed by atoms with van der Waals surface area (Å²) < 4.78 is 11.5. The molecule has 0 heterocycles. The van der Waals surface area contributed by atoms with Crippen molar-refractivity contribution in [3.05, 3.63) is 28.8 Å². The van der Waals surface area contributed by atoms with E-state index in [1.807, 2.05) is 32.0 Å². The molecule has 0 amide bonds. The smallest absolute Gasteiger partial charge is 0.138 e. The quantitative estimate of drug-likeness (QED) is 0.782. The van der Waals surface area contributed by atoms with Gasteiger partial charge >= 0.3 is 0 Å². The molecule has 0 saturated heterocycles. The summed E-state index contributed by atoms with van der Waals surface area (Å²) >= 11 is 9.71. The molecule has 4 heteroatoms. The minimum atomic E-state index is 0.0968. The second-order valence-corrected chi connectivity index (χ2v) is 5.85. The first kappa shape index (κ1) is 13.2. The van der Waals surface area contributed by atoms with Crippen molar-refractivity contribution in [2.75, 3.05) is 6.61 Å². The fourth-order valence-corrected chi connectivity index (χ4v) is 3.05. The van der Waals surface area contributed by atoms with Crippen LogP contribution >= 0.6 is 27.5 Å². The van der Waals surface area contributed by atoms with E-state index in [1.54, 1.807) is 0 Å². The summed E-state index contributed by atoms with van der Waals surface area (Å²) in [5, 5.41) is 0.665. The zero-order valence-corrected chi connectivity index (χ0v) is 12.3. The Balaban J connectivity index is 2.01. The van der Waals surface area contributed by atoms with Gasteiger partial charge in [0.05, 0.1) is 5.02 Å². The Kier molecular flexibility index (Phi) is 4.34. The van der Waals surface area contributed by atoms with Gasteiger partial charge in [0.15, 0.2) is 0 Å². The van der Waals surface area contributed by atoms with E-state index in [2.05, 4.69) is 15.9 Å². The van der Waals surface area contributed by atoms with Crippen molar-refractivity contribution in [1.82, 2.24) is 0 Å². The van der Waals surface area contributed by atoms with E-state index in [-0.39, 0.29) is 12.2 Å². The first-order chi connectivity index (χ1) is 8.11. The molecule has 1 saturated carbocycles. The average molecular weight is 320 g/mol. The molecular weight excluding hydrogens is 303 g/mol. The largest absolute Gasteiger partial charge is 0.486 e. The molecule has 3 atom stereocenters. The second kappa shape index (κ2) is 5.59. The van der Waals surface area contributed by atoms with Crippen molar-refractivity contribution in [3.8, 4) is 5.75 Å². The van der Waals surface area contributed by atoms with Crippen LogP contribution in [-0.4, -0.2) is 23.6 Å². The minimum Gasteiger partial charge on any atom is -0.486 e. The molecule has 0 aromatic heterocycles. The van der Waals surface area contributed by atoms with Crippen LogP contribution in [0.1, 0.15) is 18.9 Å². The Morgan fingerprint density at radius 3 is 2.82 bits per heavy atom. The van der Waals surface area contributed by atoms with Gasteiger partial charge in [-0.3, -0.25) is 0 Å². The normalized spacial score (nSPS) is 27.6. The van der Waals surface area contributed by atoms with Gasteiger partial charge < -0.3 is 9.47 Å². The zero-order chi connectivity index (χ0) is 12.4. The summed E-state index contributed by atoms with van der Waals surface area (Å²) in [4.78, 5) is 0.386. The molecule has 2 rings (SSSR count). The van der Waals surface area contributed by atoms with Gasteiger partial charge in [-0.2, -0.15) is 0 Å². The third kappa shape index (κ3) is 2.95. The Labute approximate surface area is 115 Å². The molecular formula is C13H16BrClO2. The van der Waals surface area contributed by atoms with Crippen molar-refractivity contribution < 1.29 is 9.47 Å². The molecule has 0 spiro atoms. The van der Waals surface area contributed by atoms with E-state index < -0.39 is 0 Å². The predicted octanol–water partition coefficient (Wildman–Crippen LogP) is 3.97. The van der Waals surface area contributed by atoms with Crippen LogP contribution in [0.2, 0.25) is 5.02 Å². The van der Waals surface area contributed by atoms with Crippen LogP contribution in [0.25, 0.3) is 0 Å². The monoisotopic (exact) mass is 318 g/mol. The first-order valence-electron chi connectivity index (χ1n) is 5.80. The Morgan fingerprint density at radius 2 is 2.24 bits per heavy atom. The predicted molar refractivity (Wildman–Crippen MR) is 73.4 cm³/mol. The summed E-state index contributed by atoms with van der Waals surface area (Å²) in [6.45, 7) is 4.71. The lowest BCUT2D eigenvalue weighted by Crippen LogP contribution is -2.52. The molecule has 1 aromatic rings. The van der Waals surface area contributed by atoms with Crippen molar-refractivity contribution in [1.29, 1.82) is 0 Å². The topological polar surface area (TPSA) is 18.5 Å². The fraction of sp³-hybridized carbons (Fsp3) is 0.538. The molecule has 17 heavy (non-hydrogen) atoms. The number of aryl methyl sites for hydroxylation is 1. The molecule has 0 radical (unpaired) electrons. The van der Waals surface area contributed by atoms with Crippen LogP contribution in [0.15, 0.2) is 18.2 Å². The van der Waals surface area contributed by atoms with Crippen LogP contribution in [0, 0.1) is 6.92 Å². The molecule has 1 fully saturated rings. The van der Waals surface area contributed by atoms with Crippen LogP contribution in [-0.2, 0) is 4.74 Å². The fourth-order valence-electron chi connectivity index (χ4n) is 1.91. The van der Waals surface area contributed by atoms with E-state index in [4.69, 9.17) is 21.1 Å². The van der Waals surface area contributed by atoms with E-state index in [1.165, 1.54) is 0 Å². The van der Waals surface area contributed by atoms with Gasteiger partial charge in [-0.05, 0) is 31.5 Å². The lowest BCUT2D eigenvalue weighted by Gasteiger charge is -2.40. The van der Waals surface area contributed by atoms with Gasteiger partial charge in [0, 0.05) is 17.9 Å². The SMILES string of the molecule is CCOC1C(Br)CC1Oc1ccc(C)cc1Cl. The lowest BCUT2D eigenvalue weighted by atomic mass is 9.91. The summed E-state index contributed by atoms with van der Waals surface area (Å²) in [6.07, 6.45) is 1.17. The highest BCUT2D eigenvalue weighted by Gasteiger charge is 2.42. The zero-order valence-electron chi connectivity index (χ0n) is 9.95. The number of hydrogen-bond donors (Lipinski definition) is 0. The van der Waals surface area contributed by atoms with E-state index in [0.29, 0.717) is 16.5 Å². The lowest BCUT2D eigenvalue weighted by molar-refractivity contribution is -0.0722. The number of rotatable bonds is 4. The number of ether oxygens (including phenoxy) is 2. The molecule has 3 unspecified atom stereocenters. The second-order valence-electron chi connectivity index (χ2n) is 4.26. The minimum absolute atomic E-state index is 0.0968. The Morgan fingerprint density at radius 1 is 1.47 bits per heavy atom. The van der Waals surface area contributed by atoms with Crippen LogP contribution < -0.4 is 4.74 Å². The van der Waals surface area contributed by atoms with E-state index in [9.17, 15) is 0 Å². The van der Waals surface area contributed by atoms with E-state index >= 15 is 0 Å². The summed E-state index contributed by atoms with van der Waals surface area (Å²) in [5.74, 6) is 0.742. The highest BCUT2D eigenvalue weighted by molar-refractivity contribution is 9.09. The highest BCUT2D eigenvalue weighted by Crippen LogP contribution is 2.36. The summed E-state index contributed by atoms with van der Waals surface area (Å²) in [5.41, 5.74) is 1.13. The van der Waals surface area contributed by atoms with Crippen LogP contribution in [0.3, 0.4) is 0 Å². The van der Waals surface area contributed by atoms with Crippen molar-refractivity contribution in [3.63, 3.8) is 0 Å². The number of alkyl halides is 1. The van der Waals surface area contributed by atoms with Crippen molar-refractivity contribution in [2.45, 2.75) is 37.3 Å². The number of benzene rings is 1. The maximum Gasteiger partial charge on any atom is 0.138 e. The van der Waals surface area contributed by atoms with Gasteiger partial charge in [-0.1, -0.05) is 33.6 Å².